The number of rotatable bonds is 4. The third-order valence-electron chi connectivity index (χ3n) is 3.16. The first-order chi connectivity index (χ1) is 8.72. The Hall–Kier alpha value is -1.55. The van der Waals surface area contributed by atoms with E-state index in [-0.39, 0.29) is 11.9 Å². The Morgan fingerprint density at radius 3 is 2.72 bits per heavy atom. The molecule has 0 aromatic heterocycles. The average Bonchev–Trinajstić information content (AvgIpc) is 2.81. The van der Waals surface area contributed by atoms with E-state index in [1.807, 2.05) is 32.2 Å². The van der Waals surface area contributed by atoms with Crippen LogP contribution in [-0.2, 0) is 4.79 Å². The average molecular weight is 249 g/mol. The number of carbonyl (C=O) groups excluding carboxylic acids is 1. The first-order valence-corrected chi connectivity index (χ1v) is 6.49. The minimum atomic E-state index is -0.304. The maximum absolute atomic E-state index is 11.2. The van der Waals surface area contributed by atoms with Gasteiger partial charge in [-0.3, -0.25) is 4.79 Å². The molecule has 0 saturated carbocycles. The van der Waals surface area contributed by atoms with Gasteiger partial charge in [-0.2, -0.15) is 0 Å². The molecule has 0 aromatic rings. The van der Waals surface area contributed by atoms with Crippen LogP contribution in [0.5, 0.6) is 0 Å². The number of amides is 1. The Kier molecular flexibility index (Phi) is 5.65. The van der Waals surface area contributed by atoms with Crippen molar-refractivity contribution in [3.8, 4) is 0 Å². The van der Waals surface area contributed by atoms with Gasteiger partial charge in [-0.25, -0.2) is 0 Å². The second-order valence-electron chi connectivity index (χ2n) is 4.16. The van der Waals surface area contributed by atoms with Crippen molar-refractivity contribution in [2.24, 2.45) is 11.7 Å². The Bertz CT molecular complexity index is 371. The first kappa shape index (κ1) is 14.5. The van der Waals surface area contributed by atoms with E-state index in [0.29, 0.717) is 18.4 Å². The monoisotopic (exact) mass is 249 g/mol. The smallest absolute Gasteiger partial charge is 0.234 e. The van der Waals surface area contributed by atoms with Gasteiger partial charge in [0.15, 0.2) is 0 Å². The van der Waals surface area contributed by atoms with Crippen LogP contribution in [0, 0.1) is 5.92 Å². The van der Waals surface area contributed by atoms with Crippen molar-refractivity contribution in [1.29, 1.82) is 0 Å². The molecule has 0 spiro atoms. The molecular formula is C14H23N3O. The van der Waals surface area contributed by atoms with Gasteiger partial charge in [-0.05, 0) is 25.2 Å². The highest BCUT2D eigenvalue weighted by atomic mass is 16.1. The summed E-state index contributed by atoms with van der Waals surface area (Å²) >= 11 is 0. The zero-order valence-corrected chi connectivity index (χ0v) is 11.3. The van der Waals surface area contributed by atoms with Crippen molar-refractivity contribution >= 4 is 5.91 Å². The highest BCUT2D eigenvalue weighted by molar-refractivity contribution is 5.80. The summed E-state index contributed by atoms with van der Waals surface area (Å²) in [7, 11) is 1.76. The molecule has 4 nitrogen and oxygen atoms in total. The number of carbonyl (C=O) groups is 1. The summed E-state index contributed by atoms with van der Waals surface area (Å²) in [4.78, 5) is 11.2. The van der Waals surface area contributed by atoms with Gasteiger partial charge in [0.2, 0.25) is 5.91 Å². The van der Waals surface area contributed by atoms with E-state index >= 15 is 0 Å². The van der Waals surface area contributed by atoms with Crippen LogP contribution >= 0.6 is 0 Å². The maximum Gasteiger partial charge on any atom is 0.234 e. The molecule has 18 heavy (non-hydrogen) atoms. The molecule has 2 rings (SSSR count). The molecule has 4 N–H and O–H groups in total. The molecule has 1 aliphatic heterocycles. The summed E-state index contributed by atoms with van der Waals surface area (Å²) in [5.74, 6) is 0.0578. The number of hydrogen-bond acceptors (Lipinski definition) is 3. The van der Waals surface area contributed by atoms with Crippen LogP contribution in [0.2, 0.25) is 0 Å². The summed E-state index contributed by atoms with van der Waals surface area (Å²) in [5, 5.41) is 6.24. The van der Waals surface area contributed by atoms with Crippen molar-refractivity contribution in [2.75, 3.05) is 7.05 Å². The Balaban J connectivity index is 0.000000771. The summed E-state index contributed by atoms with van der Waals surface area (Å²) < 4.78 is 0. The lowest BCUT2D eigenvalue weighted by atomic mass is 9.88. The van der Waals surface area contributed by atoms with Gasteiger partial charge in [0.25, 0.3) is 0 Å². The van der Waals surface area contributed by atoms with E-state index < -0.39 is 0 Å². The van der Waals surface area contributed by atoms with Crippen molar-refractivity contribution in [1.82, 2.24) is 10.6 Å². The number of primary amides is 1. The van der Waals surface area contributed by atoms with Crippen LogP contribution in [0.4, 0.5) is 0 Å². The number of nitrogens with one attached hydrogen (secondary N) is 2. The number of hydrogen-bond donors (Lipinski definition) is 3. The van der Waals surface area contributed by atoms with Crippen molar-refractivity contribution in [3.05, 3.63) is 36.1 Å². The van der Waals surface area contributed by atoms with E-state index in [2.05, 4.69) is 22.8 Å². The third kappa shape index (κ3) is 3.23. The lowest BCUT2D eigenvalue weighted by molar-refractivity contribution is -0.119. The van der Waals surface area contributed by atoms with Crippen molar-refractivity contribution in [3.63, 3.8) is 0 Å². The maximum atomic E-state index is 11.2. The van der Waals surface area contributed by atoms with Crippen LogP contribution in [0.25, 0.3) is 0 Å². The molecule has 0 bridgehead atoms. The summed E-state index contributed by atoms with van der Waals surface area (Å²) in [6, 6.07) is 0.0523. The molecule has 0 saturated heterocycles. The SMILES string of the molecule is CC.CNC(CC1=CNC2C=CC=CC12)C(N)=O. The van der Waals surface area contributed by atoms with Crippen LogP contribution in [0.3, 0.4) is 0 Å². The molecule has 1 heterocycles. The van der Waals surface area contributed by atoms with Gasteiger partial charge >= 0.3 is 0 Å². The predicted molar refractivity (Wildman–Crippen MR) is 74.8 cm³/mol. The van der Waals surface area contributed by atoms with Gasteiger partial charge in [-0.1, -0.05) is 38.2 Å². The number of likely N-dealkylation sites (N-methyl/N-ethyl adjacent to an activating group) is 1. The van der Waals surface area contributed by atoms with E-state index in [1.54, 1.807) is 7.05 Å². The highest BCUT2D eigenvalue weighted by Crippen LogP contribution is 2.29. The van der Waals surface area contributed by atoms with Crippen LogP contribution in [0.15, 0.2) is 36.1 Å². The van der Waals surface area contributed by atoms with E-state index in [4.69, 9.17) is 5.73 Å². The van der Waals surface area contributed by atoms with Gasteiger partial charge < -0.3 is 16.4 Å². The van der Waals surface area contributed by atoms with Crippen LogP contribution in [0.1, 0.15) is 20.3 Å². The molecule has 2 aliphatic rings. The molecule has 0 fully saturated rings. The fraction of sp³-hybridized carbons (Fsp3) is 0.500. The number of allylic oxidation sites excluding steroid dienone is 2. The summed E-state index contributed by atoms with van der Waals surface area (Å²) in [5.41, 5.74) is 6.54. The molecule has 0 radical (unpaired) electrons. The topological polar surface area (TPSA) is 67.2 Å². The molecule has 1 amide bonds. The Morgan fingerprint density at radius 1 is 1.44 bits per heavy atom. The normalized spacial score (nSPS) is 25.4. The fourth-order valence-electron chi connectivity index (χ4n) is 2.20. The van der Waals surface area contributed by atoms with E-state index in [0.717, 1.165) is 0 Å². The molecule has 4 heteroatoms. The third-order valence-corrected chi connectivity index (χ3v) is 3.16. The fourth-order valence-corrected chi connectivity index (χ4v) is 2.20. The molecule has 1 aliphatic carbocycles. The standard InChI is InChI=1S/C12H17N3O.C2H6/c1-14-11(12(13)16)6-8-7-15-10-5-3-2-4-9(8)10;1-2/h2-5,7,9-11,14-15H,6H2,1H3,(H2,13,16);1-2H3. The minimum absolute atomic E-state index is 0.286. The minimum Gasteiger partial charge on any atom is -0.384 e. The van der Waals surface area contributed by atoms with E-state index in [1.165, 1.54) is 5.57 Å². The molecule has 3 atom stereocenters. The van der Waals surface area contributed by atoms with Crippen LogP contribution < -0.4 is 16.4 Å². The second-order valence-corrected chi connectivity index (χ2v) is 4.16. The molecular weight excluding hydrogens is 226 g/mol. The first-order valence-electron chi connectivity index (χ1n) is 6.49. The lowest BCUT2D eigenvalue weighted by Gasteiger charge is -2.21. The van der Waals surface area contributed by atoms with Crippen molar-refractivity contribution < 1.29 is 4.79 Å². The second kappa shape index (κ2) is 7.01. The largest absolute Gasteiger partial charge is 0.384 e. The highest BCUT2D eigenvalue weighted by Gasteiger charge is 2.29. The van der Waals surface area contributed by atoms with Crippen LogP contribution in [-0.4, -0.2) is 25.0 Å². The van der Waals surface area contributed by atoms with Gasteiger partial charge in [0.1, 0.15) is 0 Å². The Morgan fingerprint density at radius 2 is 2.11 bits per heavy atom. The zero-order valence-electron chi connectivity index (χ0n) is 11.3. The van der Waals surface area contributed by atoms with Gasteiger partial charge in [0.05, 0.1) is 12.1 Å². The summed E-state index contributed by atoms with van der Waals surface area (Å²) in [6.45, 7) is 4.00. The van der Waals surface area contributed by atoms with E-state index in [9.17, 15) is 4.79 Å². The summed E-state index contributed by atoms with van der Waals surface area (Å²) in [6.07, 6.45) is 11.0. The zero-order chi connectivity index (χ0) is 13.5. The van der Waals surface area contributed by atoms with Gasteiger partial charge in [-0.15, -0.1) is 0 Å². The molecule has 100 valence electrons. The number of nitrogens with two attached hydrogens (primary N) is 1. The molecule has 3 unspecified atom stereocenters. The lowest BCUT2D eigenvalue weighted by Crippen LogP contribution is -2.40. The molecule has 0 aromatic carbocycles. The number of fused-ring (bicyclic) bond motifs is 1. The van der Waals surface area contributed by atoms with Crippen molar-refractivity contribution in [2.45, 2.75) is 32.4 Å². The Labute approximate surface area is 109 Å². The predicted octanol–water partition coefficient (Wildman–Crippen LogP) is 1.07. The van der Waals surface area contributed by atoms with Gasteiger partial charge in [0, 0.05) is 5.92 Å². The quantitative estimate of drug-likeness (QED) is 0.698.